The van der Waals surface area contributed by atoms with Gasteiger partial charge in [-0.2, -0.15) is 5.11 Å². The molecule has 0 heterocycles. The highest BCUT2D eigenvalue weighted by Gasteiger charge is 2.13. The van der Waals surface area contributed by atoms with Crippen LogP contribution in [0.4, 0.5) is 17.1 Å². The molecule has 116 valence electrons. The Morgan fingerprint density at radius 1 is 0.909 bits per heavy atom. The first-order valence-corrected chi connectivity index (χ1v) is 7.53. The van der Waals surface area contributed by atoms with E-state index >= 15 is 0 Å². The van der Waals surface area contributed by atoms with E-state index < -0.39 is 0 Å². The van der Waals surface area contributed by atoms with E-state index in [9.17, 15) is 5.11 Å². The van der Waals surface area contributed by atoms with E-state index in [2.05, 4.69) is 37.9 Å². The van der Waals surface area contributed by atoms with Gasteiger partial charge in [0.25, 0.3) is 0 Å². The molecule has 0 saturated heterocycles. The second kappa shape index (κ2) is 6.60. The molecule has 0 bridgehead atoms. The topological polar surface area (TPSA) is 71.0 Å². The first kappa shape index (κ1) is 16.0. The van der Waals surface area contributed by atoms with E-state index in [1.165, 1.54) is 0 Å². The summed E-state index contributed by atoms with van der Waals surface area (Å²) in [5.74, 6) is 0.755. The van der Waals surface area contributed by atoms with Crippen molar-refractivity contribution in [2.45, 2.75) is 39.5 Å². The average Bonchev–Trinajstić information content (AvgIpc) is 2.47. The predicted molar refractivity (Wildman–Crippen MR) is 91.3 cm³/mol. The molecule has 2 aromatic rings. The van der Waals surface area contributed by atoms with Crippen molar-refractivity contribution in [2.24, 2.45) is 10.2 Å². The zero-order valence-corrected chi connectivity index (χ0v) is 13.5. The molecule has 22 heavy (non-hydrogen) atoms. The Kier molecular flexibility index (Phi) is 4.81. The number of hydrogen-bond acceptors (Lipinski definition) is 4. The zero-order valence-electron chi connectivity index (χ0n) is 13.5. The normalized spacial score (nSPS) is 11.7. The first-order valence-electron chi connectivity index (χ1n) is 7.53. The van der Waals surface area contributed by atoms with Crippen LogP contribution in [0.15, 0.2) is 46.6 Å². The molecule has 0 aliphatic rings. The molecule has 4 heteroatoms. The summed E-state index contributed by atoms with van der Waals surface area (Å²) in [5.41, 5.74) is 10.5. The van der Waals surface area contributed by atoms with E-state index in [1.807, 2.05) is 18.2 Å². The number of phenols is 1. The fourth-order valence-corrected chi connectivity index (χ4v) is 2.36. The SMILES string of the molecule is CC(C)c1cc(N=Nc2ccccc2O)cc(C(C)C)c1N. The summed E-state index contributed by atoms with van der Waals surface area (Å²) in [6, 6.07) is 10.8. The molecule has 4 nitrogen and oxygen atoms in total. The summed E-state index contributed by atoms with van der Waals surface area (Å²) < 4.78 is 0. The lowest BCUT2D eigenvalue weighted by molar-refractivity contribution is 0.476. The summed E-state index contributed by atoms with van der Waals surface area (Å²) in [6.45, 7) is 8.44. The molecule has 2 aromatic carbocycles. The lowest BCUT2D eigenvalue weighted by Crippen LogP contribution is -2.02. The first-order chi connectivity index (χ1) is 10.4. The molecule has 2 rings (SSSR count). The van der Waals surface area contributed by atoms with Crippen molar-refractivity contribution < 1.29 is 5.11 Å². The number of anilines is 1. The fourth-order valence-electron chi connectivity index (χ4n) is 2.36. The van der Waals surface area contributed by atoms with Crippen LogP contribution < -0.4 is 5.73 Å². The zero-order chi connectivity index (χ0) is 16.3. The second-order valence-electron chi connectivity index (χ2n) is 6.04. The van der Waals surface area contributed by atoms with E-state index in [-0.39, 0.29) is 5.75 Å². The van der Waals surface area contributed by atoms with Crippen molar-refractivity contribution in [3.8, 4) is 5.75 Å². The molecular weight excluding hydrogens is 274 g/mol. The minimum Gasteiger partial charge on any atom is -0.506 e. The Bertz CT molecular complexity index is 661. The van der Waals surface area contributed by atoms with Gasteiger partial charge in [-0.1, -0.05) is 39.8 Å². The van der Waals surface area contributed by atoms with Gasteiger partial charge in [0.2, 0.25) is 0 Å². The van der Waals surface area contributed by atoms with Gasteiger partial charge >= 0.3 is 0 Å². The van der Waals surface area contributed by atoms with Gasteiger partial charge in [0.15, 0.2) is 0 Å². The van der Waals surface area contributed by atoms with Crippen LogP contribution in [0.1, 0.15) is 50.7 Å². The summed E-state index contributed by atoms with van der Waals surface area (Å²) in [6.07, 6.45) is 0. The number of nitrogens with zero attached hydrogens (tertiary/aromatic N) is 2. The van der Waals surface area contributed by atoms with Crippen LogP contribution >= 0.6 is 0 Å². The molecule has 0 aliphatic heterocycles. The maximum Gasteiger partial charge on any atom is 0.143 e. The van der Waals surface area contributed by atoms with Crippen molar-refractivity contribution in [1.29, 1.82) is 0 Å². The van der Waals surface area contributed by atoms with Crippen LogP contribution in [0.3, 0.4) is 0 Å². The molecule has 0 unspecified atom stereocenters. The summed E-state index contributed by atoms with van der Waals surface area (Å²) in [4.78, 5) is 0. The minimum absolute atomic E-state index is 0.120. The molecular formula is C18H23N3O. The van der Waals surface area contributed by atoms with Crippen molar-refractivity contribution in [1.82, 2.24) is 0 Å². The van der Waals surface area contributed by atoms with E-state index in [0.717, 1.165) is 22.5 Å². The number of para-hydroxylation sites is 1. The summed E-state index contributed by atoms with van der Waals surface area (Å²) >= 11 is 0. The Labute approximate surface area is 131 Å². The summed E-state index contributed by atoms with van der Waals surface area (Å²) in [7, 11) is 0. The minimum atomic E-state index is 0.120. The third-order valence-corrected chi connectivity index (χ3v) is 3.63. The Balaban J connectivity index is 2.45. The van der Waals surface area contributed by atoms with Gasteiger partial charge in [-0.05, 0) is 47.2 Å². The van der Waals surface area contributed by atoms with E-state index in [1.54, 1.807) is 18.2 Å². The van der Waals surface area contributed by atoms with Gasteiger partial charge < -0.3 is 10.8 Å². The molecule has 0 spiro atoms. The maximum absolute atomic E-state index is 9.74. The van der Waals surface area contributed by atoms with Crippen molar-refractivity contribution in [3.05, 3.63) is 47.5 Å². The molecule has 0 aliphatic carbocycles. The quantitative estimate of drug-likeness (QED) is 0.566. The van der Waals surface area contributed by atoms with Gasteiger partial charge in [0, 0.05) is 5.69 Å². The molecule has 0 fully saturated rings. The number of nitrogens with two attached hydrogens (primary N) is 1. The maximum atomic E-state index is 9.74. The molecule has 0 amide bonds. The lowest BCUT2D eigenvalue weighted by atomic mass is 9.92. The highest BCUT2D eigenvalue weighted by molar-refractivity contribution is 5.63. The van der Waals surface area contributed by atoms with Crippen LogP contribution in [0.2, 0.25) is 0 Å². The molecule has 0 radical (unpaired) electrons. The molecule has 0 atom stereocenters. The Morgan fingerprint density at radius 2 is 1.45 bits per heavy atom. The monoisotopic (exact) mass is 297 g/mol. The Hall–Kier alpha value is -2.36. The number of aromatic hydroxyl groups is 1. The van der Waals surface area contributed by atoms with Crippen LogP contribution in [-0.4, -0.2) is 5.11 Å². The van der Waals surface area contributed by atoms with Gasteiger partial charge in [0.1, 0.15) is 11.4 Å². The van der Waals surface area contributed by atoms with Gasteiger partial charge in [-0.25, -0.2) is 0 Å². The number of benzene rings is 2. The fraction of sp³-hybridized carbons (Fsp3) is 0.333. The van der Waals surface area contributed by atoms with Crippen LogP contribution in [0.25, 0.3) is 0 Å². The second-order valence-corrected chi connectivity index (χ2v) is 6.04. The highest BCUT2D eigenvalue weighted by atomic mass is 16.3. The third kappa shape index (κ3) is 3.45. The van der Waals surface area contributed by atoms with Crippen LogP contribution in [0.5, 0.6) is 5.75 Å². The van der Waals surface area contributed by atoms with Crippen molar-refractivity contribution in [3.63, 3.8) is 0 Å². The number of hydrogen-bond donors (Lipinski definition) is 2. The van der Waals surface area contributed by atoms with Gasteiger partial charge in [-0.3, -0.25) is 0 Å². The highest BCUT2D eigenvalue weighted by Crippen LogP contribution is 2.35. The van der Waals surface area contributed by atoms with E-state index in [4.69, 9.17) is 5.73 Å². The number of nitrogen functional groups attached to an aromatic ring is 1. The smallest absolute Gasteiger partial charge is 0.143 e. The lowest BCUT2D eigenvalue weighted by Gasteiger charge is -2.17. The largest absolute Gasteiger partial charge is 0.506 e. The van der Waals surface area contributed by atoms with Crippen molar-refractivity contribution >= 4 is 17.1 Å². The molecule has 3 N–H and O–H groups in total. The van der Waals surface area contributed by atoms with Gasteiger partial charge in [0.05, 0.1) is 5.69 Å². The molecule has 0 aromatic heterocycles. The van der Waals surface area contributed by atoms with Crippen LogP contribution in [0, 0.1) is 0 Å². The van der Waals surface area contributed by atoms with Crippen LogP contribution in [-0.2, 0) is 0 Å². The predicted octanol–water partition coefficient (Wildman–Crippen LogP) is 5.64. The number of azo groups is 1. The summed E-state index contributed by atoms with van der Waals surface area (Å²) in [5, 5.41) is 18.2. The third-order valence-electron chi connectivity index (χ3n) is 3.63. The van der Waals surface area contributed by atoms with E-state index in [0.29, 0.717) is 17.5 Å². The standard InChI is InChI=1S/C18H23N3O/c1-11(2)14-9-13(10-15(12(3)4)18(14)19)20-21-16-7-5-6-8-17(16)22/h5-12,22H,19H2,1-4H3. The number of phenolic OH excluding ortho intramolecular Hbond substituents is 1. The Morgan fingerprint density at radius 3 is 1.95 bits per heavy atom. The molecule has 0 saturated carbocycles. The van der Waals surface area contributed by atoms with Crippen molar-refractivity contribution in [2.75, 3.05) is 5.73 Å². The average molecular weight is 297 g/mol. The number of rotatable bonds is 4. The van der Waals surface area contributed by atoms with Gasteiger partial charge in [-0.15, -0.1) is 5.11 Å².